The first-order valence-corrected chi connectivity index (χ1v) is 7.45. The Balaban J connectivity index is 1.53. The van der Waals surface area contributed by atoms with Gasteiger partial charge >= 0.3 is 5.97 Å². The fourth-order valence-corrected chi connectivity index (χ4v) is 2.71. The van der Waals surface area contributed by atoms with Gasteiger partial charge in [-0.2, -0.15) is 0 Å². The van der Waals surface area contributed by atoms with Gasteiger partial charge < -0.3 is 18.9 Å². The van der Waals surface area contributed by atoms with Crippen molar-refractivity contribution in [1.82, 2.24) is 0 Å². The summed E-state index contributed by atoms with van der Waals surface area (Å²) in [5, 5.41) is 0. The zero-order valence-electron chi connectivity index (χ0n) is 11.4. The number of carbonyl (C=O) groups is 1. The van der Waals surface area contributed by atoms with Crippen molar-refractivity contribution in [1.29, 1.82) is 0 Å². The molecule has 0 aliphatic carbocycles. The van der Waals surface area contributed by atoms with E-state index in [-0.39, 0.29) is 24.2 Å². The molecule has 2 fully saturated rings. The van der Waals surface area contributed by atoms with Gasteiger partial charge in [0.25, 0.3) is 0 Å². The summed E-state index contributed by atoms with van der Waals surface area (Å²) < 4.78 is 22.4. The molecule has 0 unspecified atom stereocenters. The molecule has 2 aliphatic rings. The second-order valence-corrected chi connectivity index (χ2v) is 5.36. The lowest BCUT2D eigenvalue weighted by Crippen LogP contribution is -2.35. The third-order valence-corrected chi connectivity index (χ3v) is 3.88. The number of alkyl halides is 1. The molecule has 2 heterocycles. The SMILES string of the molecule is O=C(CCl)O[C@@H]1CO[C@H]2[C@@H]1OC[C@@H]2OCc1ccccc1. The predicted molar refractivity (Wildman–Crippen MR) is 75.1 cm³/mol. The van der Waals surface area contributed by atoms with Gasteiger partial charge in [0.2, 0.25) is 0 Å². The van der Waals surface area contributed by atoms with Crippen molar-refractivity contribution in [2.75, 3.05) is 19.1 Å². The van der Waals surface area contributed by atoms with E-state index < -0.39 is 12.1 Å². The molecule has 0 amide bonds. The Morgan fingerprint density at radius 1 is 1.14 bits per heavy atom. The minimum absolute atomic E-state index is 0.144. The number of esters is 1. The second-order valence-electron chi connectivity index (χ2n) is 5.09. The van der Waals surface area contributed by atoms with E-state index in [0.717, 1.165) is 5.56 Å². The summed E-state index contributed by atoms with van der Waals surface area (Å²) in [4.78, 5) is 11.3. The lowest BCUT2D eigenvalue weighted by atomic mass is 10.1. The summed E-state index contributed by atoms with van der Waals surface area (Å²) in [6, 6.07) is 9.93. The van der Waals surface area contributed by atoms with E-state index >= 15 is 0 Å². The van der Waals surface area contributed by atoms with Gasteiger partial charge in [-0.3, -0.25) is 4.79 Å². The molecule has 2 aliphatic heterocycles. The van der Waals surface area contributed by atoms with Crippen LogP contribution in [0.1, 0.15) is 5.56 Å². The van der Waals surface area contributed by atoms with E-state index in [0.29, 0.717) is 19.8 Å². The molecule has 0 radical (unpaired) electrons. The van der Waals surface area contributed by atoms with Crippen LogP contribution in [0.2, 0.25) is 0 Å². The zero-order valence-corrected chi connectivity index (χ0v) is 12.2. The highest BCUT2D eigenvalue weighted by Crippen LogP contribution is 2.31. The van der Waals surface area contributed by atoms with Crippen molar-refractivity contribution in [2.24, 2.45) is 0 Å². The van der Waals surface area contributed by atoms with E-state index in [9.17, 15) is 4.79 Å². The first-order chi connectivity index (χ1) is 10.3. The molecule has 1 aromatic carbocycles. The summed E-state index contributed by atoms with van der Waals surface area (Å²) >= 11 is 5.44. The third kappa shape index (κ3) is 3.37. The summed E-state index contributed by atoms with van der Waals surface area (Å²) in [6.07, 6.45) is -0.999. The van der Waals surface area contributed by atoms with Gasteiger partial charge in [0.15, 0.2) is 6.10 Å². The lowest BCUT2D eigenvalue weighted by molar-refractivity contribution is -0.150. The number of hydrogen-bond donors (Lipinski definition) is 0. The van der Waals surface area contributed by atoms with Gasteiger partial charge in [-0.05, 0) is 5.56 Å². The highest BCUT2D eigenvalue weighted by atomic mass is 35.5. The number of rotatable bonds is 5. The molecule has 5 nitrogen and oxygen atoms in total. The van der Waals surface area contributed by atoms with E-state index in [1.165, 1.54) is 0 Å². The Kier molecular flexibility index (Phi) is 4.75. The molecule has 0 N–H and O–H groups in total. The predicted octanol–water partition coefficient (Wildman–Crippen LogP) is 1.52. The average molecular weight is 313 g/mol. The van der Waals surface area contributed by atoms with Crippen LogP contribution in [0.4, 0.5) is 0 Å². The van der Waals surface area contributed by atoms with Crippen LogP contribution in [0, 0.1) is 0 Å². The molecular weight excluding hydrogens is 296 g/mol. The van der Waals surface area contributed by atoms with Crippen LogP contribution in [0.25, 0.3) is 0 Å². The monoisotopic (exact) mass is 312 g/mol. The van der Waals surface area contributed by atoms with Gasteiger partial charge in [-0.15, -0.1) is 11.6 Å². The quantitative estimate of drug-likeness (QED) is 0.609. The van der Waals surface area contributed by atoms with Crippen LogP contribution < -0.4 is 0 Å². The Labute approximate surface area is 128 Å². The largest absolute Gasteiger partial charge is 0.456 e. The summed E-state index contributed by atoms with van der Waals surface area (Å²) in [5.41, 5.74) is 1.10. The Morgan fingerprint density at radius 3 is 2.52 bits per heavy atom. The van der Waals surface area contributed by atoms with Gasteiger partial charge in [0, 0.05) is 0 Å². The maximum Gasteiger partial charge on any atom is 0.321 e. The molecule has 4 atom stereocenters. The van der Waals surface area contributed by atoms with Crippen molar-refractivity contribution in [3.8, 4) is 0 Å². The Bertz CT molecular complexity index is 480. The number of ether oxygens (including phenoxy) is 4. The average Bonchev–Trinajstić information content (AvgIpc) is 3.09. The van der Waals surface area contributed by atoms with Crippen LogP contribution in [-0.4, -0.2) is 49.5 Å². The fraction of sp³-hybridized carbons (Fsp3) is 0.533. The number of benzene rings is 1. The molecule has 6 heteroatoms. The maximum absolute atomic E-state index is 11.3. The van der Waals surface area contributed by atoms with Gasteiger partial charge in [-0.25, -0.2) is 0 Å². The molecule has 0 bridgehead atoms. The molecule has 1 aromatic rings. The maximum atomic E-state index is 11.3. The van der Waals surface area contributed by atoms with E-state index in [1.54, 1.807) is 0 Å². The molecule has 3 rings (SSSR count). The minimum atomic E-state index is -0.455. The summed E-state index contributed by atoms with van der Waals surface area (Å²) in [7, 11) is 0. The Hall–Kier alpha value is -1.14. The van der Waals surface area contributed by atoms with Crippen LogP contribution >= 0.6 is 11.6 Å². The van der Waals surface area contributed by atoms with Gasteiger partial charge in [-0.1, -0.05) is 30.3 Å². The Morgan fingerprint density at radius 2 is 1.81 bits per heavy atom. The smallest absolute Gasteiger partial charge is 0.321 e. The first-order valence-electron chi connectivity index (χ1n) is 6.92. The molecule has 0 saturated carbocycles. The number of fused-ring (bicyclic) bond motifs is 1. The van der Waals surface area contributed by atoms with Crippen molar-refractivity contribution < 1.29 is 23.7 Å². The molecular formula is C15H17ClO5. The lowest BCUT2D eigenvalue weighted by Gasteiger charge is -2.17. The van der Waals surface area contributed by atoms with Gasteiger partial charge in [0.1, 0.15) is 24.2 Å². The van der Waals surface area contributed by atoms with Crippen LogP contribution in [0.5, 0.6) is 0 Å². The van der Waals surface area contributed by atoms with Crippen LogP contribution in [0.15, 0.2) is 30.3 Å². The molecule has 0 aromatic heterocycles. The van der Waals surface area contributed by atoms with E-state index in [2.05, 4.69) is 0 Å². The molecule has 21 heavy (non-hydrogen) atoms. The van der Waals surface area contributed by atoms with Crippen molar-refractivity contribution in [2.45, 2.75) is 31.0 Å². The normalized spacial score (nSPS) is 31.1. The highest BCUT2D eigenvalue weighted by molar-refractivity contribution is 6.26. The number of halogens is 1. The van der Waals surface area contributed by atoms with Crippen LogP contribution in [-0.2, 0) is 30.3 Å². The molecule has 114 valence electrons. The van der Waals surface area contributed by atoms with Gasteiger partial charge in [0.05, 0.1) is 19.8 Å². The molecule has 0 spiro atoms. The van der Waals surface area contributed by atoms with Crippen LogP contribution in [0.3, 0.4) is 0 Å². The van der Waals surface area contributed by atoms with Crippen molar-refractivity contribution in [3.63, 3.8) is 0 Å². The minimum Gasteiger partial charge on any atom is -0.456 e. The van der Waals surface area contributed by atoms with Crippen molar-refractivity contribution >= 4 is 17.6 Å². The number of hydrogen-bond acceptors (Lipinski definition) is 5. The summed E-state index contributed by atoms with van der Waals surface area (Å²) in [5.74, 6) is -0.620. The zero-order chi connectivity index (χ0) is 14.7. The molecule has 2 saturated heterocycles. The second kappa shape index (κ2) is 6.75. The van der Waals surface area contributed by atoms with Crippen molar-refractivity contribution in [3.05, 3.63) is 35.9 Å². The number of carbonyl (C=O) groups excluding carboxylic acids is 1. The standard InChI is InChI=1S/C15H17ClO5/c16-6-13(17)21-12-9-20-14-11(8-19-15(12)14)18-7-10-4-2-1-3-5-10/h1-5,11-12,14-15H,6-9H2/t11-,12+,14+,15+/m0/s1. The third-order valence-electron chi connectivity index (χ3n) is 3.66. The topological polar surface area (TPSA) is 54.0 Å². The highest BCUT2D eigenvalue weighted by Gasteiger charge is 2.49. The first kappa shape index (κ1) is 14.8. The van der Waals surface area contributed by atoms with E-state index in [4.69, 9.17) is 30.5 Å². The fourth-order valence-electron chi connectivity index (χ4n) is 2.65. The summed E-state index contributed by atoms with van der Waals surface area (Å²) in [6.45, 7) is 1.27. The van der Waals surface area contributed by atoms with E-state index in [1.807, 2.05) is 30.3 Å².